The van der Waals surface area contributed by atoms with E-state index in [1.165, 1.54) is 50.5 Å². The van der Waals surface area contributed by atoms with Crippen molar-refractivity contribution in [3.63, 3.8) is 0 Å². The second kappa shape index (κ2) is 16.8. The van der Waals surface area contributed by atoms with Crippen LogP contribution in [0.2, 0.25) is 0 Å². The van der Waals surface area contributed by atoms with Crippen molar-refractivity contribution in [2.24, 2.45) is 23.7 Å². The lowest BCUT2D eigenvalue weighted by atomic mass is 9.71. The van der Waals surface area contributed by atoms with Crippen LogP contribution in [0.1, 0.15) is 92.4 Å². The Morgan fingerprint density at radius 1 is 1.09 bits per heavy atom. The van der Waals surface area contributed by atoms with Crippen LogP contribution in [0, 0.1) is 23.7 Å². The highest BCUT2D eigenvalue weighted by Crippen LogP contribution is 2.40. The van der Waals surface area contributed by atoms with E-state index in [4.69, 9.17) is 9.47 Å². The molecule has 0 heterocycles. The fourth-order valence-electron chi connectivity index (χ4n) is 4.90. The van der Waals surface area contributed by atoms with Gasteiger partial charge in [0.2, 0.25) is 0 Å². The van der Waals surface area contributed by atoms with Gasteiger partial charge in [-0.05, 0) is 99.7 Å². The number of allylic oxidation sites excluding steroid dienone is 4. The molecule has 1 fully saturated rings. The number of carbonyl (C=O) groups excluding carboxylic acids is 1. The Balaban J connectivity index is 2.79. The Bertz CT molecular complexity index is 693. The molecule has 1 N–H and O–H groups in total. The highest BCUT2D eigenvalue weighted by molar-refractivity contribution is 5.86. The molecular weight excluding hydrogens is 424 g/mol. The van der Waals surface area contributed by atoms with Gasteiger partial charge in [-0.3, -0.25) is 0 Å². The Morgan fingerprint density at radius 3 is 2.26 bits per heavy atom. The van der Waals surface area contributed by atoms with E-state index in [9.17, 15) is 9.90 Å². The number of ether oxygens (including phenoxy) is 2. The molecule has 4 nitrogen and oxygen atoms in total. The largest absolute Gasteiger partial charge is 0.490 e. The van der Waals surface area contributed by atoms with Gasteiger partial charge < -0.3 is 14.6 Å². The van der Waals surface area contributed by atoms with Gasteiger partial charge in [0.25, 0.3) is 0 Å². The van der Waals surface area contributed by atoms with Crippen LogP contribution >= 0.6 is 0 Å². The van der Waals surface area contributed by atoms with E-state index in [0.717, 1.165) is 29.1 Å². The molecule has 0 radical (unpaired) electrons. The Hall–Kier alpha value is -1.81. The molecule has 0 spiro atoms. The summed E-state index contributed by atoms with van der Waals surface area (Å²) in [5.41, 5.74) is 2.55. The summed E-state index contributed by atoms with van der Waals surface area (Å²) in [6.45, 7) is 19.1. The van der Waals surface area contributed by atoms with Gasteiger partial charge in [0.1, 0.15) is 19.0 Å². The van der Waals surface area contributed by atoms with Crippen LogP contribution < -0.4 is 0 Å². The minimum Gasteiger partial charge on any atom is -0.490 e. The van der Waals surface area contributed by atoms with Crippen molar-refractivity contribution >= 4 is 5.97 Å². The molecule has 1 unspecified atom stereocenters. The van der Waals surface area contributed by atoms with E-state index < -0.39 is 5.97 Å². The number of hydrogen-bond acceptors (Lipinski definition) is 4. The average Bonchev–Trinajstić information content (AvgIpc) is 2.82. The molecule has 34 heavy (non-hydrogen) atoms. The molecule has 0 aromatic carbocycles. The van der Waals surface area contributed by atoms with Crippen molar-refractivity contribution < 1.29 is 19.4 Å². The predicted molar refractivity (Wildman–Crippen MR) is 142 cm³/mol. The number of rotatable bonds is 16. The minimum absolute atomic E-state index is 0.123. The van der Waals surface area contributed by atoms with Gasteiger partial charge in [-0.15, -0.1) is 0 Å². The topological polar surface area (TPSA) is 55.8 Å². The van der Waals surface area contributed by atoms with Crippen molar-refractivity contribution in [3.8, 4) is 0 Å². The smallest absolute Gasteiger partial charge is 0.333 e. The fourth-order valence-corrected chi connectivity index (χ4v) is 4.90. The summed E-state index contributed by atoms with van der Waals surface area (Å²) in [6.07, 6.45) is 14.6. The van der Waals surface area contributed by atoms with E-state index in [2.05, 4.69) is 53.0 Å². The summed E-state index contributed by atoms with van der Waals surface area (Å²) < 4.78 is 11.2. The molecule has 0 amide bonds. The summed E-state index contributed by atoms with van der Waals surface area (Å²) >= 11 is 0. The SMILES string of the molecule is C=C(C)C(=O)OCCO/C(=C/C(=C\C)C1CCC(C(CC)CCC(C)C)CC1)C(=C)CCCO. The summed E-state index contributed by atoms with van der Waals surface area (Å²) in [5, 5.41) is 9.24. The highest BCUT2D eigenvalue weighted by Gasteiger charge is 2.28. The number of hydrogen-bond donors (Lipinski definition) is 1. The molecular formula is C30H50O4. The minimum atomic E-state index is -0.405. The van der Waals surface area contributed by atoms with Crippen LogP contribution in [0.15, 0.2) is 47.8 Å². The maximum absolute atomic E-state index is 11.6. The van der Waals surface area contributed by atoms with Crippen molar-refractivity contribution in [1.82, 2.24) is 0 Å². The number of aliphatic hydroxyl groups excluding tert-OH is 1. The molecule has 0 bridgehead atoms. The second-order valence-electron chi connectivity index (χ2n) is 10.2. The van der Waals surface area contributed by atoms with E-state index in [-0.39, 0.29) is 19.8 Å². The first-order chi connectivity index (χ1) is 16.2. The Labute approximate surface area is 209 Å². The van der Waals surface area contributed by atoms with E-state index in [1.54, 1.807) is 6.92 Å². The molecule has 0 aromatic rings. The lowest BCUT2D eigenvalue weighted by Gasteiger charge is -2.34. The average molecular weight is 475 g/mol. The Kier molecular flexibility index (Phi) is 14.9. The third-order valence-electron chi connectivity index (χ3n) is 7.09. The van der Waals surface area contributed by atoms with Crippen molar-refractivity contribution in [1.29, 1.82) is 0 Å². The van der Waals surface area contributed by atoms with E-state index >= 15 is 0 Å². The highest BCUT2D eigenvalue weighted by atomic mass is 16.6. The fraction of sp³-hybridized carbons (Fsp3) is 0.700. The summed E-state index contributed by atoms with van der Waals surface area (Å²) in [4.78, 5) is 11.6. The van der Waals surface area contributed by atoms with Crippen LogP contribution in [0.4, 0.5) is 0 Å². The van der Waals surface area contributed by atoms with Gasteiger partial charge in [0.15, 0.2) is 0 Å². The monoisotopic (exact) mass is 474 g/mol. The lowest BCUT2D eigenvalue weighted by Crippen LogP contribution is -2.22. The third kappa shape index (κ3) is 11.1. The second-order valence-corrected chi connectivity index (χ2v) is 10.2. The first-order valence-corrected chi connectivity index (χ1v) is 13.4. The molecule has 1 aliphatic carbocycles. The van der Waals surface area contributed by atoms with Gasteiger partial charge in [-0.1, -0.05) is 52.8 Å². The van der Waals surface area contributed by atoms with Gasteiger partial charge in [-0.25, -0.2) is 4.79 Å². The maximum Gasteiger partial charge on any atom is 0.333 e. The first kappa shape index (κ1) is 30.2. The predicted octanol–water partition coefficient (Wildman–Crippen LogP) is 7.55. The van der Waals surface area contributed by atoms with Crippen LogP contribution in [0.5, 0.6) is 0 Å². The van der Waals surface area contributed by atoms with E-state index in [0.29, 0.717) is 24.3 Å². The zero-order chi connectivity index (χ0) is 25.5. The summed E-state index contributed by atoms with van der Waals surface area (Å²) in [5.74, 6) is 3.35. The number of carbonyl (C=O) groups is 1. The third-order valence-corrected chi connectivity index (χ3v) is 7.09. The summed E-state index contributed by atoms with van der Waals surface area (Å²) in [7, 11) is 0. The molecule has 1 aliphatic rings. The first-order valence-electron chi connectivity index (χ1n) is 13.4. The molecule has 1 rings (SSSR count). The number of esters is 1. The van der Waals surface area contributed by atoms with Crippen LogP contribution in [-0.4, -0.2) is 30.9 Å². The zero-order valence-corrected chi connectivity index (χ0v) is 22.5. The molecule has 0 aliphatic heterocycles. The van der Waals surface area contributed by atoms with Crippen molar-refractivity contribution in [2.75, 3.05) is 19.8 Å². The molecule has 4 heteroatoms. The van der Waals surface area contributed by atoms with Crippen LogP contribution in [-0.2, 0) is 14.3 Å². The van der Waals surface area contributed by atoms with Crippen LogP contribution in [0.25, 0.3) is 0 Å². The van der Waals surface area contributed by atoms with Gasteiger partial charge in [0, 0.05) is 12.2 Å². The molecule has 0 saturated heterocycles. The van der Waals surface area contributed by atoms with Gasteiger partial charge in [-0.2, -0.15) is 0 Å². The molecule has 0 aromatic heterocycles. The Morgan fingerprint density at radius 2 is 1.74 bits per heavy atom. The van der Waals surface area contributed by atoms with E-state index in [1.807, 2.05) is 0 Å². The molecule has 1 saturated carbocycles. The lowest BCUT2D eigenvalue weighted by molar-refractivity contribution is -0.140. The summed E-state index contributed by atoms with van der Waals surface area (Å²) in [6, 6.07) is 0. The molecule has 1 atom stereocenters. The standard InChI is InChI=1S/C30H50O4/c1-8-25(13-12-22(3)4)27-14-16-28(17-15-27)26(9-2)21-29(24(7)11-10-18-31)33-19-20-34-30(32)23(5)6/h9,21-22,25,27-28,31H,5,7-8,10-20H2,1-4,6H3/b26-9+,29-21+. The van der Waals surface area contributed by atoms with Gasteiger partial charge >= 0.3 is 5.97 Å². The number of aliphatic hydroxyl groups is 1. The maximum atomic E-state index is 11.6. The quantitative estimate of drug-likeness (QED) is 0.0825. The normalized spacial score (nSPS) is 20.2. The van der Waals surface area contributed by atoms with Gasteiger partial charge in [0.05, 0.1) is 0 Å². The molecule has 194 valence electrons. The zero-order valence-electron chi connectivity index (χ0n) is 22.5. The van der Waals surface area contributed by atoms with Crippen LogP contribution in [0.3, 0.4) is 0 Å². The van der Waals surface area contributed by atoms with Crippen molar-refractivity contribution in [3.05, 3.63) is 47.8 Å². The van der Waals surface area contributed by atoms with Crippen molar-refractivity contribution in [2.45, 2.75) is 92.4 Å².